The number of allylic oxidation sites excluding steroid dienone is 1. The van der Waals surface area contributed by atoms with Gasteiger partial charge < -0.3 is 0 Å². The molecule has 0 N–H and O–H groups in total. The molecule has 1 rings (SSSR count). The van der Waals surface area contributed by atoms with Crippen molar-refractivity contribution in [2.45, 2.75) is 46.5 Å². The van der Waals surface area contributed by atoms with E-state index in [1.54, 1.807) is 0 Å². The Morgan fingerprint density at radius 3 is 2.73 bits per heavy atom. The highest BCUT2D eigenvalue weighted by atomic mass is 14.0. The van der Waals surface area contributed by atoms with Gasteiger partial charge in [0.2, 0.25) is 0 Å². The lowest BCUT2D eigenvalue weighted by Gasteiger charge is -2.00. The molecule has 0 aromatic heterocycles. The zero-order valence-electron chi connectivity index (χ0n) is 10.1. The maximum atomic E-state index is 3.39. The van der Waals surface area contributed by atoms with Crippen LogP contribution >= 0.6 is 0 Å². The largest absolute Gasteiger partial charge is 0.0760 e. The van der Waals surface area contributed by atoms with Crippen molar-refractivity contribution in [3.63, 3.8) is 0 Å². The van der Waals surface area contributed by atoms with E-state index >= 15 is 0 Å². The van der Waals surface area contributed by atoms with Crippen molar-refractivity contribution >= 4 is 0 Å². The normalized spacial score (nSPS) is 11.1. The molecule has 0 aliphatic heterocycles. The molecule has 0 amide bonds. The molecular weight excluding hydrogens is 180 g/mol. The molecule has 0 aliphatic carbocycles. The number of rotatable bonds is 5. The van der Waals surface area contributed by atoms with E-state index < -0.39 is 0 Å². The van der Waals surface area contributed by atoms with Crippen LogP contribution in [0, 0.1) is 19.9 Å². The van der Waals surface area contributed by atoms with Gasteiger partial charge in [-0.1, -0.05) is 49.6 Å². The van der Waals surface area contributed by atoms with Gasteiger partial charge in [-0.25, -0.2) is 0 Å². The zero-order chi connectivity index (χ0) is 11.1. The van der Waals surface area contributed by atoms with E-state index in [4.69, 9.17) is 0 Å². The minimum absolute atomic E-state index is 1.15. The lowest BCUT2D eigenvalue weighted by Crippen LogP contribution is -1.83. The summed E-state index contributed by atoms with van der Waals surface area (Å²) in [5.74, 6) is 0. The lowest BCUT2D eigenvalue weighted by molar-refractivity contribution is 0.728. The average molecular weight is 201 g/mol. The fourth-order valence-electron chi connectivity index (χ4n) is 1.57. The van der Waals surface area contributed by atoms with Crippen LogP contribution < -0.4 is 0 Å². The summed E-state index contributed by atoms with van der Waals surface area (Å²) in [6, 6.07) is 6.51. The number of benzene rings is 1. The SMILES string of the molecule is CCCCC/C=[C]\c1cc(C)ccc1C. The molecule has 1 aromatic rings. The van der Waals surface area contributed by atoms with Crippen LogP contribution in [0.3, 0.4) is 0 Å². The van der Waals surface area contributed by atoms with Crippen molar-refractivity contribution in [1.29, 1.82) is 0 Å². The highest BCUT2D eigenvalue weighted by Crippen LogP contribution is 2.11. The summed E-state index contributed by atoms with van der Waals surface area (Å²) in [7, 11) is 0. The Labute approximate surface area is 94.0 Å². The third-order valence-electron chi connectivity index (χ3n) is 2.60. The summed E-state index contributed by atoms with van der Waals surface area (Å²) in [5.41, 5.74) is 3.86. The predicted octanol–water partition coefficient (Wildman–Crippen LogP) is 4.59. The van der Waals surface area contributed by atoms with Crippen molar-refractivity contribution in [3.05, 3.63) is 47.0 Å². The molecule has 0 heteroatoms. The summed E-state index contributed by atoms with van der Waals surface area (Å²) in [6.07, 6.45) is 10.6. The summed E-state index contributed by atoms with van der Waals surface area (Å²) in [5, 5.41) is 0. The molecule has 0 bridgehead atoms. The first-order valence-electron chi connectivity index (χ1n) is 5.89. The second kappa shape index (κ2) is 6.44. The lowest BCUT2D eigenvalue weighted by atomic mass is 10.0. The summed E-state index contributed by atoms with van der Waals surface area (Å²) >= 11 is 0. The molecule has 0 heterocycles. The van der Waals surface area contributed by atoms with Crippen molar-refractivity contribution < 1.29 is 0 Å². The Balaban J connectivity index is 2.52. The molecule has 0 saturated heterocycles. The van der Waals surface area contributed by atoms with Crippen LogP contribution in [0.5, 0.6) is 0 Å². The van der Waals surface area contributed by atoms with Gasteiger partial charge in [-0.15, -0.1) is 0 Å². The number of unbranched alkanes of at least 4 members (excludes halogenated alkanes) is 3. The zero-order valence-corrected chi connectivity index (χ0v) is 10.1. The third-order valence-corrected chi connectivity index (χ3v) is 2.60. The van der Waals surface area contributed by atoms with Crippen molar-refractivity contribution in [1.82, 2.24) is 0 Å². The van der Waals surface area contributed by atoms with E-state index in [1.165, 1.54) is 36.0 Å². The Morgan fingerprint density at radius 1 is 1.20 bits per heavy atom. The molecule has 0 fully saturated rings. The smallest absolute Gasteiger partial charge is 0.0146 e. The fourth-order valence-corrected chi connectivity index (χ4v) is 1.57. The van der Waals surface area contributed by atoms with Gasteiger partial charge in [0.1, 0.15) is 0 Å². The van der Waals surface area contributed by atoms with E-state index in [-0.39, 0.29) is 0 Å². The van der Waals surface area contributed by atoms with Gasteiger partial charge in [0, 0.05) is 0 Å². The second-order valence-electron chi connectivity index (χ2n) is 4.16. The molecule has 0 unspecified atom stereocenters. The van der Waals surface area contributed by atoms with Crippen molar-refractivity contribution in [2.24, 2.45) is 0 Å². The van der Waals surface area contributed by atoms with Crippen LogP contribution in [0.15, 0.2) is 24.3 Å². The van der Waals surface area contributed by atoms with Crippen molar-refractivity contribution in [3.8, 4) is 0 Å². The highest BCUT2D eigenvalue weighted by Gasteiger charge is 1.94. The van der Waals surface area contributed by atoms with Crippen LogP contribution in [0.25, 0.3) is 0 Å². The van der Waals surface area contributed by atoms with Gasteiger partial charge in [0.25, 0.3) is 0 Å². The van der Waals surface area contributed by atoms with Gasteiger partial charge in [-0.3, -0.25) is 0 Å². The second-order valence-corrected chi connectivity index (χ2v) is 4.16. The first-order valence-corrected chi connectivity index (χ1v) is 5.89. The maximum Gasteiger partial charge on any atom is -0.0146 e. The molecule has 0 saturated carbocycles. The number of hydrogen-bond acceptors (Lipinski definition) is 0. The van der Waals surface area contributed by atoms with E-state index in [2.05, 4.69) is 51.1 Å². The quantitative estimate of drug-likeness (QED) is 0.611. The van der Waals surface area contributed by atoms with Crippen LogP contribution in [-0.4, -0.2) is 0 Å². The first-order chi connectivity index (χ1) is 7.24. The monoisotopic (exact) mass is 201 g/mol. The Bertz CT molecular complexity index is 321. The van der Waals surface area contributed by atoms with Crippen LogP contribution in [-0.2, 0) is 0 Å². The third kappa shape index (κ3) is 4.33. The van der Waals surface area contributed by atoms with Crippen LogP contribution in [0.1, 0.15) is 49.3 Å². The van der Waals surface area contributed by atoms with Gasteiger partial charge in [0.15, 0.2) is 0 Å². The standard InChI is InChI=1S/C15H21/c1-4-5-6-7-8-9-15-12-13(2)10-11-14(15)3/h8,10-12H,4-7H2,1-3H3. The molecule has 0 spiro atoms. The summed E-state index contributed by atoms with van der Waals surface area (Å²) < 4.78 is 0. The molecule has 0 nitrogen and oxygen atoms in total. The maximum absolute atomic E-state index is 3.39. The summed E-state index contributed by atoms with van der Waals surface area (Å²) in [6.45, 7) is 6.50. The van der Waals surface area contributed by atoms with Crippen LogP contribution in [0.2, 0.25) is 0 Å². The summed E-state index contributed by atoms with van der Waals surface area (Å²) in [4.78, 5) is 0. The number of aryl methyl sites for hydroxylation is 2. The number of hydrogen-bond donors (Lipinski definition) is 0. The topological polar surface area (TPSA) is 0 Å². The van der Waals surface area contributed by atoms with Gasteiger partial charge >= 0.3 is 0 Å². The highest BCUT2D eigenvalue weighted by molar-refractivity contribution is 5.34. The minimum atomic E-state index is 1.15. The van der Waals surface area contributed by atoms with E-state index in [0.29, 0.717) is 0 Å². The van der Waals surface area contributed by atoms with Gasteiger partial charge in [-0.2, -0.15) is 0 Å². The Morgan fingerprint density at radius 2 is 2.00 bits per heavy atom. The minimum Gasteiger partial charge on any atom is -0.0760 e. The molecule has 1 aromatic carbocycles. The van der Waals surface area contributed by atoms with E-state index in [1.807, 2.05) is 0 Å². The molecule has 81 valence electrons. The Hall–Kier alpha value is -1.04. The van der Waals surface area contributed by atoms with Gasteiger partial charge in [0.05, 0.1) is 0 Å². The van der Waals surface area contributed by atoms with Crippen molar-refractivity contribution in [2.75, 3.05) is 0 Å². The fraction of sp³-hybridized carbons (Fsp3) is 0.467. The molecule has 0 aliphatic rings. The van der Waals surface area contributed by atoms with E-state index in [9.17, 15) is 0 Å². The molecule has 0 atom stereocenters. The predicted molar refractivity (Wildman–Crippen MR) is 67.0 cm³/mol. The molecule has 15 heavy (non-hydrogen) atoms. The average Bonchev–Trinajstić information content (AvgIpc) is 2.23. The first kappa shape index (κ1) is 12.0. The van der Waals surface area contributed by atoms with Crippen LogP contribution in [0.4, 0.5) is 0 Å². The Kier molecular flexibility index (Phi) is 5.17. The molecule has 1 radical (unpaired) electrons. The van der Waals surface area contributed by atoms with Gasteiger partial charge in [-0.05, 0) is 43.9 Å². The van der Waals surface area contributed by atoms with E-state index in [0.717, 1.165) is 6.42 Å². The molecular formula is C15H21.